The van der Waals surface area contributed by atoms with Crippen molar-refractivity contribution < 1.29 is 9.59 Å². The second-order valence-corrected chi connectivity index (χ2v) is 11.4. The number of hydrogen-bond acceptors (Lipinski definition) is 5. The lowest BCUT2D eigenvalue weighted by Gasteiger charge is -2.24. The van der Waals surface area contributed by atoms with Gasteiger partial charge in [-0.1, -0.05) is 63.1 Å². The van der Waals surface area contributed by atoms with Gasteiger partial charge in [-0.15, -0.1) is 0 Å². The molecule has 10 heteroatoms. The number of carbonyl (C=O) groups excluding carboxylic acids is 2. The number of rotatable bonds is 9. The second kappa shape index (κ2) is 12.7. The van der Waals surface area contributed by atoms with Crippen LogP contribution in [0.25, 0.3) is 11.1 Å². The number of aryl methyl sites for hydroxylation is 1. The Labute approximate surface area is 258 Å². The van der Waals surface area contributed by atoms with Gasteiger partial charge in [0.2, 0.25) is 0 Å². The molecular weight excluding hydrogens is 562 g/mol. The zero-order chi connectivity index (χ0) is 30.8. The van der Waals surface area contributed by atoms with Gasteiger partial charge in [-0.05, 0) is 49.6 Å². The average Bonchev–Trinajstić information content (AvgIpc) is 3.51. The highest BCUT2D eigenvalue weighted by Crippen LogP contribution is 2.37. The summed E-state index contributed by atoms with van der Waals surface area (Å²) in [5.41, 5.74) is 7.74. The van der Waals surface area contributed by atoms with E-state index in [9.17, 15) is 9.59 Å². The molecule has 0 atom stereocenters. The van der Waals surface area contributed by atoms with Gasteiger partial charge >= 0.3 is 0 Å². The summed E-state index contributed by atoms with van der Waals surface area (Å²) in [5.74, 6) is 0.201. The summed E-state index contributed by atoms with van der Waals surface area (Å²) in [4.78, 5) is 38.4. The average molecular weight is 602 g/mol. The van der Waals surface area contributed by atoms with Crippen molar-refractivity contribution in [1.29, 1.82) is 0 Å². The molecule has 0 aliphatic carbocycles. The summed E-state index contributed by atoms with van der Waals surface area (Å²) < 4.78 is 3.79. The van der Waals surface area contributed by atoms with E-state index in [0.717, 1.165) is 84.8 Å². The molecule has 2 amide bonds. The first kappa shape index (κ1) is 30.5. The van der Waals surface area contributed by atoms with E-state index in [0.29, 0.717) is 28.0 Å². The highest BCUT2D eigenvalue weighted by Gasteiger charge is 2.26. The van der Waals surface area contributed by atoms with Crippen LogP contribution in [0.1, 0.15) is 76.8 Å². The Kier molecular flexibility index (Phi) is 9.03. The van der Waals surface area contributed by atoms with Gasteiger partial charge in [0.25, 0.3) is 11.8 Å². The van der Waals surface area contributed by atoms with Crippen LogP contribution in [0.3, 0.4) is 0 Å². The summed E-state index contributed by atoms with van der Waals surface area (Å²) >= 11 is 6.92. The van der Waals surface area contributed by atoms with Crippen LogP contribution in [0.4, 0.5) is 11.4 Å². The van der Waals surface area contributed by atoms with Gasteiger partial charge in [-0.3, -0.25) is 14.5 Å². The molecule has 0 fully saturated rings. The van der Waals surface area contributed by atoms with E-state index in [-0.39, 0.29) is 11.8 Å². The monoisotopic (exact) mass is 601 g/mol. The number of benzene rings is 2. The predicted octanol–water partition coefficient (Wildman–Crippen LogP) is 6.18. The van der Waals surface area contributed by atoms with Crippen molar-refractivity contribution in [1.82, 2.24) is 24.0 Å². The molecule has 0 spiro atoms. The van der Waals surface area contributed by atoms with Gasteiger partial charge in [-0.2, -0.15) is 0 Å². The minimum atomic E-state index is -0.305. The first-order valence-corrected chi connectivity index (χ1v) is 15.4. The number of nitrogens with one attached hydrogen (secondary N) is 2. The van der Waals surface area contributed by atoms with Crippen molar-refractivity contribution in [2.24, 2.45) is 14.1 Å². The molecule has 1 aliphatic heterocycles. The molecule has 2 aromatic heterocycles. The zero-order valence-electron chi connectivity index (χ0n) is 25.8. The van der Waals surface area contributed by atoms with Gasteiger partial charge < -0.3 is 19.8 Å². The van der Waals surface area contributed by atoms with Crippen LogP contribution in [-0.4, -0.2) is 48.9 Å². The molecule has 0 radical (unpaired) electrons. The zero-order valence-corrected chi connectivity index (χ0v) is 26.6. The normalized spacial score (nSPS) is 13.2. The lowest BCUT2D eigenvalue weighted by Crippen LogP contribution is -2.30. The van der Waals surface area contributed by atoms with Crippen molar-refractivity contribution >= 4 is 34.8 Å². The summed E-state index contributed by atoms with van der Waals surface area (Å²) in [6.45, 7) is 10.9. The minimum Gasteiger partial charge on any atom is -0.327 e. The van der Waals surface area contributed by atoms with Crippen LogP contribution in [-0.2, 0) is 39.9 Å². The van der Waals surface area contributed by atoms with Crippen LogP contribution >= 0.6 is 11.6 Å². The Morgan fingerprint density at radius 2 is 1.56 bits per heavy atom. The number of halogens is 1. The van der Waals surface area contributed by atoms with Crippen LogP contribution < -0.4 is 10.6 Å². The molecule has 226 valence electrons. The molecule has 0 saturated carbocycles. The molecule has 0 bridgehead atoms. The number of imidazole rings is 2. The van der Waals surface area contributed by atoms with E-state index in [1.165, 1.54) is 0 Å². The number of carbonyl (C=O) groups is 2. The van der Waals surface area contributed by atoms with Crippen molar-refractivity contribution in [3.63, 3.8) is 0 Å². The van der Waals surface area contributed by atoms with Gasteiger partial charge in [0.05, 0.1) is 22.1 Å². The highest BCUT2D eigenvalue weighted by atomic mass is 35.5. The third-order valence-electron chi connectivity index (χ3n) is 8.43. The van der Waals surface area contributed by atoms with Crippen molar-refractivity contribution in [3.8, 4) is 11.1 Å². The molecule has 4 aromatic rings. The third kappa shape index (κ3) is 5.84. The number of hydrogen-bond donors (Lipinski definition) is 2. The maximum atomic E-state index is 13.4. The number of fused-ring (bicyclic) bond motifs is 1. The number of amides is 2. The second-order valence-electron chi connectivity index (χ2n) is 11.1. The number of likely N-dealkylation sites (N-methyl/N-ethyl adjacent to an activating group) is 1. The minimum absolute atomic E-state index is 0.258. The highest BCUT2D eigenvalue weighted by molar-refractivity contribution is 6.36. The molecule has 2 N–H and O–H groups in total. The topological polar surface area (TPSA) is 97.1 Å². The number of aromatic nitrogens is 4. The fraction of sp³-hybridized carbons (Fsp3) is 0.394. The molecule has 2 aromatic carbocycles. The summed E-state index contributed by atoms with van der Waals surface area (Å²) in [6.07, 6.45) is 3.49. The van der Waals surface area contributed by atoms with E-state index in [1.807, 2.05) is 60.5 Å². The van der Waals surface area contributed by atoms with Gasteiger partial charge in [0, 0.05) is 56.2 Å². The molecule has 9 nitrogen and oxygen atoms in total. The van der Waals surface area contributed by atoms with Gasteiger partial charge in [-0.25, -0.2) is 9.97 Å². The Hall–Kier alpha value is -3.95. The SMILES string of the molecule is CCCc1c(CC)nc(C(=O)Nc2cccc(-c3cccc(NC(=O)c4nc5c(n4C)CCN(CC)C5)c3Cl)c2C)n1C. The first-order chi connectivity index (χ1) is 20.7. The van der Waals surface area contributed by atoms with Gasteiger partial charge in [0.15, 0.2) is 11.6 Å². The van der Waals surface area contributed by atoms with Crippen LogP contribution in [0.15, 0.2) is 36.4 Å². The van der Waals surface area contributed by atoms with E-state index in [2.05, 4.69) is 46.3 Å². The van der Waals surface area contributed by atoms with Crippen LogP contribution in [0, 0.1) is 6.92 Å². The quantitative estimate of drug-likeness (QED) is 0.239. The van der Waals surface area contributed by atoms with Crippen LogP contribution in [0.2, 0.25) is 5.02 Å². The predicted molar refractivity (Wildman–Crippen MR) is 172 cm³/mol. The summed E-state index contributed by atoms with van der Waals surface area (Å²) in [6, 6.07) is 11.3. The lowest BCUT2D eigenvalue weighted by molar-refractivity contribution is 0.100. The standard InChI is InChI=1S/C33H40ClN7O2/c1-7-12-27-23(8-2)35-30(39(27)5)32(42)37-24-15-10-13-21(20(24)4)22-14-11-16-25(29(22)34)38-33(43)31-36-26-19-41(9-3)18-17-28(26)40(31)6/h10-11,13-16H,7-9,12,17-19H2,1-6H3,(H,37,42)(H,38,43). The first-order valence-electron chi connectivity index (χ1n) is 15.0. The molecular formula is C33H40ClN7O2. The largest absolute Gasteiger partial charge is 0.327 e. The Morgan fingerprint density at radius 1 is 0.907 bits per heavy atom. The Balaban J connectivity index is 1.39. The molecule has 5 rings (SSSR count). The maximum absolute atomic E-state index is 13.4. The van der Waals surface area contributed by atoms with Gasteiger partial charge in [0.1, 0.15) is 0 Å². The Morgan fingerprint density at radius 3 is 2.23 bits per heavy atom. The van der Waals surface area contributed by atoms with Crippen molar-refractivity contribution in [3.05, 3.63) is 81.4 Å². The number of anilines is 2. The van der Waals surface area contributed by atoms with E-state index >= 15 is 0 Å². The third-order valence-corrected chi connectivity index (χ3v) is 8.83. The van der Waals surface area contributed by atoms with E-state index in [1.54, 1.807) is 6.07 Å². The van der Waals surface area contributed by atoms with E-state index in [4.69, 9.17) is 11.6 Å². The number of nitrogens with zero attached hydrogens (tertiary/aromatic N) is 5. The molecule has 3 heterocycles. The molecule has 0 saturated heterocycles. The smallest absolute Gasteiger partial charge is 0.291 e. The molecule has 43 heavy (non-hydrogen) atoms. The fourth-order valence-corrected chi connectivity index (χ4v) is 6.21. The van der Waals surface area contributed by atoms with Crippen LogP contribution in [0.5, 0.6) is 0 Å². The summed E-state index contributed by atoms with van der Waals surface area (Å²) in [7, 11) is 3.79. The summed E-state index contributed by atoms with van der Waals surface area (Å²) in [5, 5.41) is 6.46. The maximum Gasteiger partial charge on any atom is 0.291 e. The van der Waals surface area contributed by atoms with Crippen molar-refractivity contribution in [2.75, 3.05) is 23.7 Å². The van der Waals surface area contributed by atoms with E-state index < -0.39 is 0 Å². The molecule has 1 aliphatic rings. The fourth-order valence-electron chi connectivity index (χ4n) is 5.93. The van der Waals surface area contributed by atoms with Crippen molar-refractivity contribution in [2.45, 2.75) is 59.9 Å². The Bertz CT molecular complexity index is 1690. The molecule has 0 unspecified atom stereocenters. The lowest BCUT2D eigenvalue weighted by atomic mass is 9.98.